The molecule has 1 fully saturated rings. The number of nitrogens with one attached hydrogen (secondary N) is 1. The molecule has 0 unspecified atom stereocenters. The molecule has 0 saturated carbocycles. The maximum Gasteiger partial charge on any atom is 0.228 e. The summed E-state index contributed by atoms with van der Waals surface area (Å²) in [6, 6.07) is 0. The van der Waals surface area contributed by atoms with Crippen molar-refractivity contribution in [2.24, 2.45) is 5.92 Å². The number of rotatable bonds is 3. The summed E-state index contributed by atoms with van der Waals surface area (Å²) in [7, 11) is 1.72. The second-order valence-corrected chi connectivity index (χ2v) is 2.84. The fraction of sp³-hybridized carbons (Fsp3) is 0.857. The number of nitrogens with zero attached hydrogens (tertiary/aromatic N) is 1. The summed E-state index contributed by atoms with van der Waals surface area (Å²) in [6.45, 7) is 2.06. The largest absolute Gasteiger partial charge is 0.395 e. The first-order chi connectivity index (χ1) is 5.25. The van der Waals surface area contributed by atoms with Gasteiger partial charge in [-0.25, -0.2) is 0 Å². The van der Waals surface area contributed by atoms with Gasteiger partial charge in [-0.15, -0.1) is 0 Å². The lowest BCUT2D eigenvalue weighted by Crippen LogP contribution is -2.51. The zero-order valence-electron chi connectivity index (χ0n) is 6.71. The number of carbonyl (C=O) groups excluding carboxylic acids is 1. The standard InChI is InChI=1S/C7H14N2O2/c1-9(2-3-10)7(11)6-4-8-5-6/h6,8,10H,2-5H2,1H3. The Labute approximate surface area is 66.2 Å². The maximum atomic E-state index is 11.3. The fourth-order valence-electron chi connectivity index (χ4n) is 1.04. The van der Waals surface area contributed by atoms with Crippen molar-refractivity contribution in [2.75, 3.05) is 33.3 Å². The highest BCUT2D eigenvalue weighted by atomic mass is 16.3. The van der Waals surface area contributed by atoms with E-state index >= 15 is 0 Å². The molecule has 0 aromatic rings. The number of aliphatic hydroxyl groups is 1. The molecule has 4 heteroatoms. The minimum Gasteiger partial charge on any atom is -0.395 e. The van der Waals surface area contributed by atoms with Gasteiger partial charge < -0.3 is 15.3 Å². The third kappa shape index (κ3) is 1.91. The first kappa shape index (κ1) is 8.49. The number of aliphatic hydroxyl groups excluding tert-OH is 1. The lowest BCUT2D eigenvalue weighted by molar-refractivity contribution is -0.136. The first-order valence-corrected chi connectivity index (χ1v) is 3.82. The third-order valence-electron chi connectivity index (χ3n) is 1.94. The van der Waals surface area contributed by atoms with Gasteiger partial charge >= 0.3 is 0 Å². The smallest absolute Gasteiger partial charge is 0.228 e. The lowest BCUT2D eigenvalue weighted by Gasteiger charge is -2.29. The molecule has 1 aliphatic heterocycles. The Hall–Kier alpha value is -0.610. The molecular weight excluding hydrogens is 144 g/mol. The van der Waals surface area contributed by atoms with Crippen LogP contribution in [-0.4, -0.2) is 49.2 Å². The zero-order valence-corrected chi connectivity index (χ0v) is 6.71. The van der Waals surface area contributed by atoms with E-state index in [1.807, 2.05) is 0 Å². The van der Waals surface area contributed by atoms with E-state index < -0.39 is 0 Å². The molecule has 0 spiro atoms. The first-order valence-electron chi connectivity index (χ1n) is 3.82. The van der Waals surface area contributed by atoms with Gasteiger partial charge in [-0.1, -0.05) is 0 Å². The molecule has 0 atom stereocenters. The van der Waals surface area contributed by atoms with Crippen LogP contribution < -0.4 is 5.32 Å². The Morgan fingerprint density at radius 3 is 2.73 bits per heavy atom. The number of amides is 1. The summed E-state index contributed by atoms with van der Waals surface area (Å²) in [5, 5.41) is 11.6. The Kier molecular flexibility index (Phi) is 2.84. The molecule has 1 saturated heterocycles. The number of hydrogen-bond acceptors (Lipinski definition) is 3. The van der Waals surface area contributed by atoms with Crippen LogP contribution in [-0.2, 0) is 4.79 Å². The van der Waals surface area contributed by atoms with Gasteiger partial charge in [0.15, 0.2) is 0 Å². The van der Waals surface area contributed by atoms with Gasteiger partial charge in [-0.3, -0.25) is 4.79 Å². The van der Waals surface area contributed by atoms with Crippen molar-refractivity contribution in [2.45, 2.75) is 0 Å². The Bertz CT molecular complexity index is 145. The van der Waals surface area contributed by atoms with Crippen molar-refractivity contribution in [3.63, 3.8) is 0 Å². The van der Waals surface area contributed by atoms with Crippen LogP contribution in [0.1, 0.15) is 0 Å². The Morgan fingerprint density at radius 1 is 1.73 bits per heavy atom. The van der Waals surface area contributed by atoms with Crippen LogP contribution in [0.5, 0.6) is 0 Å². The Morgan fingerprint density at radius 2 is 2.36 bits per heavy atom. The van der Waals surface area contributed by atoms with Crippen LogP contribution >= 0.6 is 0 Å². The quantitative estimate of drug-likeness (QED) is 0.534. The highest BCUT2D eigenvalue weighted by molar-refractivity contribution is 5.79. The van der Waals surface area contributed by atoms with Crippen LogP contribution in [0.4, 0.5) is 0 Å². The normalized spacial score (nSPS) is 17.6. The summed E-state index contributed by atoms with van der Waals surface area (Å²) < 4.78 is 0. The average Bonchev–Trinajstić information content (AvgIpc) is 1.84. The van der Waals surface area contributed by atoms with Gasteiger partial charge in [0.25, 0.3) is 0 Å². The monoisotopic (exact) mass is 158 g/mol. The van der Waals surface area contributed by atoms with Gasteiger partial charge in [0.1, 0.15) is 0 Å². The summed E-state index contributed by atoms with van der Waals surface area (Å²) in [6.07, 6.45) is 0. The fourth-order valence-corrected chi connectivity index (χ4v) is 1.04. The van der Waals surface area contributed by atoms with Gasteiger partial charge in [0, 0.05) is 26.7 Å². The number of carbonyl (C=O) groups is 1. The summed E-state index contributed by atoms with van der Waals surface area (Å²) in [5.41, 5.74) is 0. The zero-order chi connectivity index (χ0) is 8.27. The van der Waals surface area contributed by atoms with Crippen LogP contribution in [0, 0.1) is 5.92 Å². The van der Waals surface area contributed by atoms with E-state index in [2.05, 4.69) is 5.32 Å². The van der Waals surface area contributed by atoms with Crippen LogP contribution in [0.2, 0.25) is 0 Å². The van der Waals surface area contributed by atoms with Crippen molar-refractivity contribution in [1.82, 2.24) is 10.2 Å². The van der Waals surface area contributed by atoms with E-state index in [1.54, 1.807) is 11.9 Å². The average molecular weight is 158 g/mol. The predicted molar refractivity (Wildman–Crippen MR) is 41.1 cm³/mol. The van der Waals surface area contributed by atoms with Crippen molar-refractivity contribution >= 4 is 5.91 Å². The van der Waals surface area contributed by atoms with Crippen molar-refractivity contribution < 1.29 is 9.90 Å². The molecule has 2 N–H and O–H groups in total. The summed E-state index contributed by atoms with van der Waals surface area (Å²) in [4.78, 5) is 12.9. The molecule has 0 aliphatic carbocycles. The van der Waals surface area contributed by atoms with Crippen molar-refractivity contribution in [3.05, 3.63) is 0 Å². The summed E-state index contributed by atoms with van der Waals surface area (Å²) >= 11 is 0. The number of hydrogen-bond donors (Lipinski definition) is 2. The van der Waals surface area contributed by atoms with E-state index in [0.717, 1.165) is 13.1 Å². The molecule has 11 heavy (non-hydrogen) atoms. The molecular formula is C7H14N2O2. The van der Waals surface area contributed by atoms with E-state index in [9.17, 15) is 4.79 Å². The van der Waals surface area contributed by atoms with Gasteiger partial charge in [-0.2, -0.15) is 0 Å². The maximum absolute atomic E-state index is 11.3. The molecule has 0 aromatic carbocycles. The molecule has 1 rings (SSSR count). The van der Waals surface area contributed by atoms with E-state index in [4.69, 9.17) is 5.11 Å². The Balaban J connectivity index is 2.27. The van der Waals surface area contributed by atoms with Gasteiger partial charge in [-0.05, 0) is 0 Å². The highest BCUT2D eigenvalue weighted by Gasteiger charge is 2.26. The van der Waals surface area contributed by atoms with Gasteiger partial charge in [0.2, 0.25) is 5.91 Å². The molecule has 1 amide bonds. The molecule has 4 nitrogen and oxygen atoms in total. The molecule has 1 aliphatic rings. The SMILES string of the molecule is CN(CCO)C(=O)C1CNC1. The molecule has 0 aromatic heterocycles. The molecule has 0 bridgehead atoms. The van der Waals surface area contributed by atoms with Crippen molar-refractivity contribution in [1.29, 1.82) is 0 Å². The van der Waals surface area contributed by atoms with Crippen LogP contribution in [0.25, 0.3) is 0 Å². The minimum absolute atomic E-state index is 0.0440. The molecule has 0 radical (unpaired) electrons. The van der Waals surface area contributed by atoms with Crippen LogP contribution in [0.15, 0.2) is 0 Å². The topological polar surface area (TPSA) is 52.6 Å². The van der Waals surface area contributed by atoms with Gasteiger partial charge in [0.05, 0.1) is 12.5 Å². The second kappa shape index (κ2) is 3.69. The van der Waals surface area contributed by atoms with E-state index in [-0.39, 0.29) is 18.4 Å². The molecule has 64 valence electrons. The van der Waals surface area contributed by atoms with E-state index in [1.165, 1.54) is 0 Å². The lowest BCUT2D eigenvalue weighted by atomic mass is 10.0. The highest BCUT2D eigenvalue weighted by Crippen LogP contribution is 2.05. The predicted octanol–water partition coefficient (Wildman–Crippen LogP) is -1.34. The minimum atomic E-state index is 0.0440. The van der Waals surface area contributed by atoms with Crippen LogP contribution in [0.3, 0.4) is 0 Å². The second-order valence-electron chi connectivity index (χ2n) is 2.84. The van der Waals surface area contributed by atoms with E-state index in [0.29, 0.717) is 6.54 Å². The number of likely N-dealkylation sites (N-methyl/N-ethyl adjacent to an activating group) is 1. The molecule has 1 heterocycles. The third-order valence-corrected chi connectivity index (χ3v) is 1.94. The summed E-state index contributed by atoms with van der Waals surface area (Å²) in [5.74, 6) is 0.282. The van der Waals surface area contributed by atoms with Crippen molar-refractivity contribution in [3.8, 4) is 0 Å².